The Morgan fingerprint density at radius 2 is 1.74 bits per heavy atom. The lowest BCUT2D eigenvalue weighted by Gasteiger charge is -2.18. The van der Waals surface area contributed by atoms with Gasteiger partial charge in [-0.05, 0) is 30.2 Å². The summed E-state index contributed by atoms with van der Waals surface area (Å²) in [6.45, 7) is 2.13. The normalized spacial score (nSPS) is 11.4. The number of methoxy groups -OCH3 is 3. The van der Waals surface area contributed by atoms with Crippen molar-refractivity contribution in [2.45, 2.75) is 13.0 Å². The van der Waals surface area contributed by atoms with E-state index < -0.39 is 11.8 Å². The molecule has 0 aliphatic rings. The van der Waals surface area contributed by atoms with Crippen molar-refractivity contribution in [3.8, 4) is 11.5 Å². The first-order chi connectivity index (χ1) is 13.0. The third kappa shape index (κ3) is 5.21. The van der Waals surface area contributed by atoms with Crippen LogP contribution in [0.2, 0.25) is 0 Å². The van der Waals surface area contributed by atoms with Crippen LogP contribution in [0.3, 0.4) is 0 Å². The van der Waals surface area contributed by atoms with E-state index in [1.165, 1.54) is 14.2 Å². The van der Waals surface area contributed by atoms with E-state index in [-0.39, 0.29) is 12.6 Å². The van der Waals surface area contributed by atoms with Gasteiger partial charge in [0.05, 0.1) is 26.0 Å². The minimum Gasteiger partial charge on any atom is -0.497 e. The van der Waals surface area contributed by atoms with E-state index in [1.807, 2.05) is 31.2 Å². The third-order valence-electron chi connectivity index (χ3n) is 4.13. The number of carbonyl (C=O) groups excluding carboxylic acids is 2. The highest BCUT2D eigenvalue weighted by molar-refractivity contribution is 6.39. The average molecular weight is 372 g/mol. The number of amides is 2. The van der Waals surface area contributed by atoms with Gasteiger partial charge in [0.15, 0.2) is 0 Å². The molecule has 144 valence electrons. The third-order valence-corrected chi connectivity index (χ3v) is 4.13. The van der Waals surface area contributed by atoms with Gasteiger partial charge in [0.25, 0.3) is 0 Å². The summed E-state index contributed by atoms with van der Waals surface area (Å²) in [5, 5.41) is 5.13. The molecule has 2 aromatic rings. The van der Waals surface area contributed by atoms with Crippen LogP contribution in [-0.2, 0) is 14.3 Å². The monoisotopic (exact) mass is 372 g/mol. The lowest BCUT2D eigenvalue weighted by atomic mass is 10.0. The molecule has 0 spiro atoms. The molecular weight excluding hydrogens is 348 g/mol. The second kappa shape index (κ2) is 9.59. The topological polar surface area (TPSA) is 85.9 Å². The summed E-state index contributed by atoms with van der Waals surface area (Å²) in [5.74, 6) is -0.617. The van der Waals surface area contributed by atoms with Gasteiger partial charge in [0.1, 0.15) is 11.5 Å². The van der Waals surface area contributed by atoms with Gasteiger partial charge in [-0.3, -0.25) is 9.59 Å². The summed E-state index contributed by atoms with van der Waals surface area (Å²) in [4.78, 5) is 24.4. The van der Waals surface area contributed by atoms with E-state index in [9.17, 15) is 9.59 Å². The average Bonchev–Trinajstić information content (AvgIpc) is 2.69. The van der Waals surface area contributed by atoms with Crippen LogP contribution in [0, 0.1) is 6.92 Å². The van der Waals surface area contributed by atoms with Crippen LogP contribution in [0.1, 0.15) is 17.2 Å². The zero-order chi connectivity index (χ0) is 19.8. The first-order valence-corrected chi connectivity index (χ1v) is 8.39. The summed E-state index contributed by atoms with van der Waals surface area (Å²) in [6, 6.07) is 12.6. The zero-order valence-electron chi connectivity index (χ0n) is 15.9. The molecule has 1 atom stereocenters. The van der Waals surface area contributed by atoms with Crippen LogP contribution >= 0.6 is 0 Å². The van der Waals surface area contributed by atoms with Gasteiger partial charge in [0.2, 0.25) is 0 Å². The molecule has 0 aromatic heterocycles. The first kappa shape index (κ1) is 20.3. The van der Waals surface area contributed by atoms with Crippen molar-refractivity contribution in [2.24, 2.45) is 0 Å². The number of carbonyl (C=O) groups is 2. The van der Waals surface area contributed by atoms with Crippen molar-refractivity contribution in [1.82, 2.24) is 5.32 Å². The van der Waals surface area contributed by atoms with Gasteiger partial charge in [-0.25, -0.2) is 0 Å². The number of benzene rings is 2. The molecule has 2 aromatic carbocycles. The highest BCUT2D eigenvalue weighted by Gasteiger charge is 2.19. The molecule has 0 saturated carbocycles. The molecule has 0 saturated heterocycles. The van der Waals surface area contributed by atoms with Crippen molar-refractivity contribution >= 4 is 17.5 Å². The van der Waals surface area contributed by atoms with Crippen LogP contribution < -0.4 is 20.1 Å². The summed E-state index contributed by atoms with van der Waals surface area (Å²) in [7, 11) is 4.55. The van der Waals surface area contributed by atoms with E-state index in [1.54, 1.807) is 25.3 Å². The van der Waals surface area contributed by atoms with Crippen LogP contribution in [-0.4, -0.2) is 39.7 Å². The number of anilines is 1. The van der Waals surface area contributed by atoms with E-state index in [0.717, 1.165) is 11.1 Å². The fourth-order valence-corrected chi connectivity index (χ4v) is 2.62. The van der Waals surface area contributed by atoms with Gasteiger partial charge in [-0.2, -0.15) is 0 Å². The fourth-order valence-electron chi connectivity index (χ4n) is 2.62. The Hall–Kier alpha value is -3.06. The van der Waals surface area contributed by atoms with Crippen molar-refractivity contribution in [3.05, 3.63) is 53.6 Å². The predicted molar refractivity (Wildman–Crippen MR) is 102 cm³/mol. The van der Waals surface area contributed by atoms with E-state index in [4.69, 9.17) is 14.2 Å². The molecule has 7 nitrogen and oxygen atoms in total. The number of ether oxygens (including phenoxy) is 3. The number of nitrogens with one attached hydrogen (secondary N) is 2. The standard InChI is InChI=1S/C20H24N2O5/c1-13-7-5-6-8-15(13)18(27-4)12-21-19(23)20(24)22-16-11-14(25-2)9-10-17(16)26-3/h5-11,18H,12H2,1-4H3,(H,21,23)(H,22,24). The maximum Gasteiger partial charge on any atom is 0.313 e. The van der Waals surface area contributed by atoms with Gasteiger partial charge in [-0.15, -0.1) is 0 Å². The number of rotatable bonds is 7. The Labute approximate surface area is 158 Å². The SMILES string of the molecule is COc1ccc(OC)c(NC(=O)C(=O)NCC(OC)c2ccccc2C)c1. The van der Waals surface area contributed by atoms with Gasteiger partial charge in [-0.1, -0.05) is 24.3 Å². The fraction of sp³-hybridized carbons (Fsp3) is 0.300. The number of hydrogen-bond acceptors (Lipinski definition) is 5. The second-order valence-corrected chi connectivity index (χ2v) is 5.81. The predicted octanol–water partition coefficient (Wildman–Crippen LogP) is 2.45. The van der Waals surface area contributed by atoms with Gasteiger partial charge < -0.3 is 24.8 Å². The minimum atomic E-state index is -0.804. The van der Waals surface area contributed by atoms with Crippen LogP contribution in [0.4, 0.5) is 5.69 Å². The number of hydrogen-bond donors (Lipinski definition) is 2. The molecule has 0 fully saturated rings. The number of aryl methyl sites for hydroxylation is 1. The Bertz CT molecular complexity index is 807. The molecular formula is C20H24N2O5. The minimum absolute atomic E-state index is 0.169. The Balaban J connectivity index is 2.01. The Kier molecular flexibility index (Phi) is 7.19. The molecule has 27 heavy (non-hydrogen) atoms. The van der Waals surface area contributed by atoms with Crippen molar-refractivity contribution in [2.75, 3.05) is 33.2 Å². The summed E-state index contributed by atoms with van der Waals surface area (Å²) in [5.41, 5.74) is 2.35. The van der Waals surface area contributed by atoms with Crippen LogP contribution in [0.5, 0.6) is 11.5 Å². The lowest BCUT2D eigenvalue weighted by Crippen LogP contribution is -2.38. The molecule has 0 bridgehead atoms. The zero-order valence-corrected chi connectivity index (χ0v) is 15.9. The smallest absolute Gasteiger partial charge is 0.313 e. The highest BCUT2D eigenvalue weighted by Crippen LogP contribution is 2.28. The summed E-state index contributed by atoms with van der Waals surface area (Å²) < 4.78 is 15.8. The summed E-state index contributed by atoms with van der Waals surface area (Å²) >= 11 is 0. The van der Waals surface area contributed by atoms with Gasteiger partial charge >= 0.3 is 11.8 Å². The van der Waals surface area contributed by atoms with Crippen molar-refractivity contribution in [1.29, 1.82) is 0 Å². The van der Waals surface area contributed by atoms with Crippen molar-refractivity contribution < 1.29 is 23.8 Å². The first-order valence-electron chi connectivity index (χ1n) is 8.39. The highest BCUT2D eigenvalue weighted by atomic mass is 16.5. The van der Waals surface area contributed by atoms with E-state index >= 15 is 0 Å². The molecule has 0 aliphatic heterocycles. The molecule has 0 aliphatic carbocycles. The maximum atomic E-state index is 12.2. The van der Waals surface area contributed by atoms with E-state index in [2.05, 4.69) is 10.6 Å². The van der Waals surface area contributed by atoms with E-state index in [0.29, 0.717) is 17.2 Å². The Morgan fingerprint density at radius 1 is 1.00 bits per heavy atom. The van der Waals surface area contributed by atoms with Gasteiger partial charge in [0, 0.05) is 19.7 Å². The maximum absolute atomic E-state index is 12.2. The molecule has 2 amide bonds. The largest absolute Gasteiger partial charge is 0.497 e. The molecule has 0 radical (unpaired) electrons. The second-order valence-electron chi connectivity index (χ2n) is 5.81. The van der Waals surface area contributed by atoms with Crippen molar-refractivity contribution in [3.63, 3.8) is 0 Å². The molecule has 2 rings (SSSR count). The molecule has 7 heteroatoms. The van der Waals surface area contributed by atoms with Crippen LogP contribution in [0.15, 0.2) is 42.5 Å². The molecule has 1 unspecified atom stereocenters. The molecule has 0 heterocycles. The quantitative estimate of drug-likeness (QED) is 0.729. The summed E-state index contributed by atoms with van der Waals surface area (Å²) in [6.07, 6.45) is -0.352. The lowest BCUT2D eigenvalue weighted by molar-refractivity contribution is -0.136. The Morgan fingerprint density at radius 3 is 2.37 bits per heavy atom. The molecule has 2 N–H and O–H groups in total. The van der Waals surface area contributed by atoms with Crippen LogP contribution in [0.25, 0.3) is 0 Å².